The molecule has 0 radical (unpaired) electrons. The smallest absolute Gasteiger partial charge is 0.432 e. The second kappa shape index (κ2) is 7.08. The third-order valence-electron chi connectivity index (χ3n) is 2.77. The number of carbonyl (C=O) groups is 2. The average Bonchev–Trinajstić information content (AvgIpc) is 2.39. The number of hydrogen-bond acceptors (Lipinski definition) is 6. The van der Waals surface area contributed by atoms with E-state index in [1.54, 1.807) is 20.8 Å². The van der Waals surface area contributed by atoms with E-state index in [1.165, 1.54) is 7.11 Å². The first-order valence-electron chi connectivity index (χ1n) is 6.25. The van der Waals surface area contributed by atoms with E-state index in [4.69, 9.17) is 9.47 Å². The van der Waals surface area contributed by atoms with Gasteiger partial charge in [0.1, 0.15) is 5.92 Å². The van der Waals surface area contributed by atoms with E-state index in [2.05, 4.69) is 9.84 Å². The maximum absolute atomic E-state index is 11.8. The molecule has 0 saturated carbocycles. The van der Waals surface area contributed by atoms with Crippen molar-refractivity contribution in [2.24, 2.45) is 11.0 Å². The zero-order valence-electron chi connectivity index (χ0n) is 11.7. The van der Waals surface area contributed by atoms with Gasteiger partial charge < -0.3 is 14.2 Å². The summed E-state index contributed by atoms with van der Waals surface area (Å²) in [6, 6.07) is 0. The largest absolute Gasteiger partial charge is 0.465 e. The predicted octanol–water partition coefficient (Wildman–Crippen LogP) is 1.38. The van der Waals surface area contributed by atoms with Crippen LogP contribution in [0.15, 0.2) is 5.10 Å². The normalized spacial score (nSPS) is 22.7. The SMILES string of the molecule is CCOC(=O)[C@H]1C[C@@H](OCC)N(C(=O)OC)N=C1C. The monoisotopic (exact) mass is 272 g/mol. The molecular formula is C12H20N2O5. The van der Waals surface area contributed by atoms with Gasteiger partial charge in [0.2, 0.25) is 0 Å². The molecule has 1 amide bonds. The second-order valence-electron chi connectivity index (χ2n) is 4.01. The fraction of sp³-hybridized carbons (Fsp3) is 0.750. The Balaban J connectivity index is 2.92. The average molecular weight is 272 g/mol. The minimum Gasteiger partial charge on any atom is -0.465 e. The number of ether oxygens (including phenoxy) is 3. The molecule has 0 fully saturated rings. The molecule has 1 rings (SSSR count). The highest BCUT2D eigenvalue weighted by Gasteiger charge is 2.37. The molecule has 0 bridgehead atoms. The van der Waals surface area contributed by atoms with Gasteiger partial charge in [0.25, 0.3) is 0 Å². The number of carbonyl (C=O) groups excluding carboxylic acids is 2. The van der Waals surface area contributed by atoms with Crippen molar-refractivity contribution in [3.63, 3.8) is 0 Å². The molecular weight excluding hydrogens is 252 g/mol. The highest BCUT2D eigenvalue weighted by Crippen LogP contribution is 2.23. The lowest BCUT2D eigenvalue weighted by Crippen LogP contribution is -2.46. The van der Waals surface area contributed by atoms with Gasteiger partial charge in [-0.25, -0.2) is 4.79 Å². The second-order valence-corrected chi connectivity index (χ2v) is 4.01. The van der Waals surface area contributed by atoms with Crippen LogP contribution in [0.25, 0.3) is 0 Å². The first kappa shape index (κ1) is 15.4. The first-order valence-corrected chi connectivity index (χ1v) is 6.25. The molecule has 0 N–H and O–H groups in total. The topological polar surface area (TPSA) is 77.4 Å². The molecule has 1 aliphatic heterocycles. The Morgan fingerprint density at radius 2 is 2.05 bits per heavy atom. The lowest BCUT2D eigenvalue weighted by molar-refractivity contribution is -0.149. The summed E-state index contributed by atoms with van der Waals surface area (Å²) in [5.74, 6) is -0.838. The third-order valence-corrected chi connectivity index (χ3v) is 2.77. The minimum atomic E-state index is -0.615. The van der Waals surface area contributed by atoms with Crippen molar-refractivity contribution in [2.75, 3.05) is 20.3 Å². The van der Waals surface area contributed by atoms with Gasteiger partial charge in [-0.1, -0.05) is 0 Å². The molecule has 0 spiro atoms. The van der Waals surface area contributed by atoms with Crippen LogP contribution in [0.5, 0.6) is 0 Å². The van der Waals surface area contributed by atoms with Gasteiger partial charge in [0.15, 0.2) is 6.23 Å². The highest BCUT2D eigenvalue weighted by atomic mass is 16.6. The maximum Gasteiger partial charge on any atom is 0.432 e. The Morgan fingerprint density at radius 3 is 2.58 bits per heavy atom. The molecule has 0 aromatic rings. The molecule has 7 heteroatoms. The third kappa shape index (κ3) is 3.66. The lowest BCUT2D eigenvalue weighted by Gasteiger charge is -2.33. The molecule has 0 aliphatic carbocycles. The van der Waals surface area contributed by atoms with Crippen molar-refractivity contribution in [2.45, 2.75) is 33.4 Å². The molecule has 0 unspecified atom stereocenters. The first-order chi connectivity index (χ1) is 9.04. The molecule has 0 aromatic carbocycles. The van der Waals surface area contributed by atoms with Crippen LogP contribution < -0.4 is 0 Å². The van der Waals surface area contributed by atoms with Gasteiger partial charge in [-0.2, -0.15) is 10.1 Å². The fourth-order valence-electron chi connectivity index (χ4n) is 1.87. The molecule has 0 aromatic heterocycles. The van der Waals surface area contributed by atoms with Crippen molar-refractivity contribution in [3.8, 4) is 0 Å². The zero-order valence-corrected chi connectivity index (χ0v) is 11.7. The highest BCUT2D eigenvalue weighted by molar-refractivity contribution is 6.01. The number of hydrazone groups is 1. The quantitative estimate of drug-likeness (QED) is 0.722. The number of methoxy groups -OCH3 is 1. The van der Waals surface area contributed by atoms with Crippen molar-refractivity contribution in [3.05, 3.63) is 0 Å². The molecule has 2 atom stereocenters. The lowest BCUT2D eigenvalue weighted by atomic mass is 9.98. The Morgan fingerprint density at radius 1 is 1.37 bits per heavy atom. The molecule has 108 valence electrons. The maximum atomic E-state index is 11.8. The van der Waals surface area contributed by atoms with Crippen LogP contribution >= 0.6 is 0 Å². The molecule has 1 aliphatic rings. The zero-order chi connectivity index (χ0) is 14.4. The van der Waals surface area contributed by atoms with Crippen molar-refractivity contribution < 1.29 is 23.8 Å². The summed E-state index contributed by atoms with van der Waals surface area (Å²) < 4.78 is 15.1. The summed E-state index contributed by atoms with van der Waals surface area (Å²) in [4.78, 5) is 23.4. The van der Waals surface area contributed by atoms with Gasteiger partial charge in [-0.15, -0.1) is 0 Å². The standard InChI is InChI=1S/C12H20N2O5/c1-5-18-10-7-9(11(15)19-6-2)8(3)13-14(10)12(16)17-4/h9-10H,5-7H2,1-4H3/t9-,10+/m0/s1. The van der Waals surface area contributed by atoms with E-state index in [0.717, 1.165) is 5.01 Å². The number of amides is 1. The van der Waals surface area contributed by atoms with Crippen LogP contribution in [0, 0.1) is 5.92 Å². The van der Waals surface area contributed by atoms with Gasteiger partial charge in [-0.3, -0.25) is 4.79 Å². The summed E-state index contributed by atoms with van der Waals surface area (Å²) in [7, 11) is 1.27. The Kier molecular flexibility index (Phi) is 5.75. The van der Waals surface area contributed by atoms with Gasteiger partial charge in [0.05, 0.1) is 19.4 Å². The summed E-state index contributed by atoms with van der Waals surface area (Å²) in [6.45, 7) is 5.94. The van der Waals surface area contributed by atoms with Gasteiger partial charge >= 0.3 is 12.1 Å². The molecule has 7 nitrogen and oxygen atoms in total. The summed E-state index contributed by atoms with van der Waals surface area (Å²) in [5.41, 5.74) is 0.514. The number of rotatable bonds is 4. The van der Waals surface area contributed by atoms with E-state index in [-0.39, 0.29) is 5.97 Å². The number of nitrogens with zero attached hydrogens (tertiary/aromatic N) is 2. The van der Waals surface area contributed by atoms with Crippen LogP contribution in [0.2, 0.25) is 0 Å². The van der Waals surface area contributed by atoms with Gasteiger partial charge in [-0.05, 0) is 20.8 Å². The Bertz CT molecular complexity index is 369. The van der Waals surface area contributed by atoms with Crippen molar-refractivity contribution >= 4 is 17.8 Å². The number of hydrogen-bond donors (Lipinski definition) is 0. The summed E-state index contributed by atoms with van der Waals surface area (Å²) in [5, 5.41) is 5.21. The fourth-order valence-corrected chi connectivity index (χ4v) is 1.87. The van der Waals surface area contributed by atoms with E-state index >= 15 is 0 Å². The van der Waals surface area contributed by atoms with Crippen molar-refractivity contribution in [1.82, 2.24) is 5.01 Å². The van der Waals surface area contributed by atoms with Crippen LogP contribution in [0.4, 0.5) is 4.79 Å². The number of esters is 1. The van der Waals surface area contributed by atoms with Crippen molar-refractivity contribution in [1.29, 1.82) is 0 Å². The van der Waals surface area contributed by atoms with E-state index in [9.17, 15) is 9.59 Å². The van der Waals surface area contributed by atoms with Crippen LogP contribution in [0.3, 0.4) is 0 Å². The minimum absolute atomic E-state index is 0.308. The molecule has 1 heterocycles. The summed E-state index contributed by atoms with van der Waals surface area (Å²) >= 11 is 0. The van der Waals surface area contributed by atoms with Crippen LogP contribution in [0.1, 0.15) is 27.2 Å². The van der Waals surface area contributed by atoms with E-state index < -0.39 is 18.2 Å². The molecule has 0 saturated heterocycles. The van der Waals surface area contributed by atoms with Crippen LogP contribution in [-0.2, 0) is 19.0 Å². The Labute approximate surface area is 112 Å². The Hall–Kier alpha value is -1.63. The predicted molar refractivity (Wildman–Crippen MR) is 67.5 cm³/mol. The van der Waals surface area contributed by atoms with Crippen LogP contribution in [-0.4, -0.2) is 49.3 Å². The van der Waals surface area contributed by atoms with Gasteiger partial charge in [0, 0.05) is 13.0 Å². The van der Waals surface area contributed by atoms with E-state index in [1.807, 2.05) is 0 Å². The molecule has 19 heavy (non-hydrogen) atoms. The van der Waals surface area contributed by atoms with E-state index in [0.29, 0.717) is 25.3 Å². The summed E-state index contributed by atoms with van der Waals surface area (Å²) in [6.07, 6.45) is -0.910.